The second kappa shape index (κ2) is 61.9. The van der Waals surface area contributed by atoms with Gasteiger partial charge in [-0.1, -0.05) is 313 Å². The molecule has 0 aromatic carbocycles. The van der Waals surface area contributed by atoms with Crippen molar-refractivity contribution in [1.82, 2.24) is 0 Å². The molecule has 0 spiro atoms. The van der Waals surface area contributed by atoms with Crippen molar-refractivity contribution in [2.75, 3.05) is 13.2 Å². The first-order valence-corrected chi connectivity index (χ1v) is 32.1. The first-order chi connectivity index (χ1) is 36.0. The van der Waals surface area contributed by atoms with Crippen LogP contribution in [-0.4, -0.2) is 37.2 Å². The van der Waals surface area contributed by atoms with E-state index in [4.69, 9.17) is 14.2 Å². The van der Waals surface area contributed by atoms with Crippen LogP contribution in [0.5, 0.6) is 0 Å². The van der Waals surface area contributed by atoms with Gasteiger partial charge in [-0.05, 0) is 57.8 Å². The summed E-state index contributed by atoms with van der Waals surface area (Å²) in [5.41, 5.74) is 0. The van der Waals surface area contributed by atoms with E-state index in [-0.39, 0.29) is 31.1 Å². The van der Waals surface area contributed by atoms with Crippen LogP contribution in [0.15, 0.2) is 48.6 Å². The summed E-state index contributed by atoms with van der Waals surface area (Å²) >= 11 is 0. The summed E-state index contributed by atoms with van der Waals surface area (Å²) < 4.78 is 16.8. The molecule has 0 aliphatic heterocycles. The van der Waals surface area contributed by atoms with Gasteiger partial charge < -0.3 is 14.2 Å². The summed E-state index contributed by atoms with van der Waals surface area (Å²) in [6, 6.07) is 0. The minimum atomic E-state index is -0.766. The van der Waals surface area contributed by atoms with Crippen LogP contribution in [0.3, 0.4) is 0 Å². The first kappa shape index (κ1) is 70.4. The van der Waals surface area contributed by atoms with Crippen LogP contribution in [0.4, 0.5) is 0 Å². The second-order valence-corrected chi connectivity index (χ2v) is 21.7. The molecule has 1 atom stereocenters. The zero-order valence-electron chi connectivity index (χ0n) is 48.9. The maximum Gasteiger partial charge on any atom is 0.306 e. The standard InChI is InChI=1S/C67H122O6/c1-4-7-10-13-15-17-19-21-23-25-27-29-30-31-32-33-34-35-36-38-39-41-43-45-47-49-51-54-57-60-66(69)72-63-64(62-71-65(68)59-56-53-12-9-6-3)73-67(70)61-58-55-52-50-48-46-44-42-40-37-28-26-24-22-20-18-16-14-11-8-5-2/h7,10,15,17,21,23,27,29,64H,4-6,8-9,11-14,16,18-20,22,24-26,28,30-63H2,1-3H3/b10-7-,17-15-,23-21-,29-27-. The monoisotopic (exact) mass is 1020 g/mol. The molecule has 0 heterocycles. The molecule has 0 bridgehead atoms. The minimum Gasteiger partial charge on any atom is -0.462 e. The van der Waals surface area contributed by atoms with Crippen molar-refractivity contribution in [2.45, 2.75) is 348 Å². The molecule has 0 N–H and O–H groups in total. The maximum absolute atomic E-state index is 12.8. The average Bonchev–Trinajstić information content (AvgIpc) is 3.39. The van der Waals surface area contributed by atoms with Crippen molar-refractivity contribution in [2.24, 2.45) is 0 Å². The van der Waals surface area contributed by atoms with Gasteiger partial charge in [0.1, 0.15) is 13.2 Å². The van der Waals surface area contributed by atoms with E-state index < -0.39 is 6.10 Å². The fraction of sp³-hybridized carbons (Fsp3) is 0.836. The second-order valence-electron chi connectivity index (χ2n) is 21.7. The Bertz CT molecular complexity index is 1270. The lowest BCUT2D eigenvalue weighted by molar-refractivity contribution is -0.167. The molecule has 0 aromatic rings. The highest BCUT2D eigenvalue weighted by Crippen LogP contribution is 2.18. The third kappa shape index (κ3) is 60.1. The lowest BCUT2D eigenvalue weighted by atomic mass is 10.0. The normalized spacial score (nSPS) is 12.3. The van der Waals surface area contributed by atoms with Crippen molar-refractivity contribution >= 4 is 17.9 Å². The Labute approximate surface area is 454 Å². The van der Waals surface area contributed by atoms with Gasteiger partial charge in [0.2, 0.25) is 0 Å². The Morgan fingerprint density at radius 3 is 0.836 bits per heavy atom. The molecule has 0 aliphatic rings. The van der Waals surface area contributed by atoms with Crippen molar-refractivity contribution in [3.63, 3.8) is 0 Å². The number of rotatable bonds is 59. The fourth-order valence-corrected chi connectivity index (χ4v) is 9.56. The summed E-state index contributed by atoms with van der Waals surface area (Å²) in [4.78, 5) is 37.9. The average molecular weight is 1020 g/mol. The number of carbonyl (C=O) groups is 3. The van der Waals surface area contributed by atoms with Gasteiger partial charge in [-0.3, -0.25) is 14.4 Å². The minimum absolute atomic E-state index is 0.0680. The molecule has 426 valence electrons. The van der Waals surface area contributed by atoms with Gasteiger partial charge >= 0.3 is 17.9 Å². The fourth-order valence-electron chi connectivity index (χ4n) is 9.56. The number of esters is 3. The molecule has 0 rings (SSSR count). The molecule has 0 aliphatic carbocycles. The SMILES string of the molecule is CC/C=C\C/C=C\C/C=C\C/C=C\CCCCCCCCCCCCCCCCCCC(=O)OCC(COC(=O)CCCCCCC)OC(=O)CCCCCCCCCCCCCCCCCCCCCCC. The Hall–Kier alpha value is -2.63. The van der Waals surface area contributed by atoms with Crippen molar-refractivity contribution in [3.8, 4) is 0 Å². The molecule has 0 saturated carbocycles. The lowest BCUT2D eigenvalue weighted by Crippen LogP contribution is -2.30. The molecule has 1 unspecified atom stereocenters. The van der Waals surface area contributed by atoms with E-state index in [2.05, 4.69) is 69.4 Å². The van der Waals surface area contributed by atoms with Gasteiger partial charge in [0.25, 0.3) is 0 Å². The van der Waals surface area contributed by atoms with Crippen molar-refractivity contribution in [3.05, 3.63) is 48.6 Å². The molecule has 0 aromatic heterocycles. The van der Waals surface area contributed by atoms with Crippen LogP contribution in [0, 0.1) is 0 Å². The van der Waals surface area contributed by atoms with Crippen LogP contribution in [0.25, 0.3) is 0 Å². The molecule has 0 fully saturated rings. The molecule has 0 saturated heterocycles. The van der Waals surface area contributed by atoms with Crippen LogP contribution in [0.1, 0.15) is 342 Å². The van der Waals surface area contributed by atoms with Gasteiger partial charge in [-0.2, -0.15) is 0 Å². The topological polar surface area (TPSA) is 78.9 Å². The highest BCUT2D eigenvalue weighted by atomic mass is 16.6. The molecule has 6 nitrogen and oxygen atoms in total. The number of unbranched alkanes of at least 4 members (excludes halogenated alkanes) is 40. The zero-order valence-corrected chi connectivity index (χ0v) is 48.9. The van der Waals surface area contributed by atoms with E-state index in [0.717, 1.165) is 89.9 Å². The number of hydrogen-bond acceptors (Lipinski definition) is 6. The van der Waals surface area contributed by atoms with Gasteiger partial charge in [0.15, 0.2) is 6.10 Å². The van der Waals surface area contributed by atoms with Crippen molar-refractivity contribution in [1.29, 1.82) is 0 Å². The number of allylic oxidation sites excluding steroid dienone is 8. The zero-order chi connectivity index (χ0) is 52.9. The summed E-state index contributed by atoms with van der Waals surface area (Å²) in [5.74, 6) is -0.861. The third-order valence-corrected chi connectivity index (χ3v) is 14.3. The molecule has 73 heavy (non-hydrogen) atoms. The Kier molecular flexibility index (Phi) is 59.7. The summed E-state index contributed by atoms with van der Waals surface area (Å²) in [5, 5.41) is 0. The predicted octanol–water partition coefficient (Wildman–Crippen LogP) is 21.8. The predicted molar refractivity (Wildman–Crippen MR) is 316 cm³/mol. The quantitative estimate of drug-likeness (QED) is 0.0261. The van der Waals surface area contributed by atoms with Gasteiger partial charge in [0.05, 0.1) is 0 Å². The Balaban J connectivity index is 3.96. The Morgan fingerprint density at radius 1 is 0.288 bits per heavy atom. The largest absolute Gasteiger partial charge is 0.462 e. The number of carbonyl (C=O) groups excluding carboxylic acids is 3. The maximum atomic E-state index is 12.8. The Morgan fingerprint density at radius 2 is 0.534 bits per heavy atom. The van der Waals surface area contributed by atoms with Gasteiger partial charge in [-0.25, -0.2) is 0 Å². The van der Waals surface area contributed by atoms with Crippen LogP contribution >= 0.6 is 0 Å². The molecular formula is C67H122O6. The first-order valence-electron chi connectivity index (χ1n) is 32.1. The van der Waals surface area contributed by atoms with Crippen LogP contribution < -0.4 is 0 Å². The van der Waals surface area contributed by atoms with E-state index >= 15 is 0 Å². The van der Waals surface area contributed by atoms with Crippen LogP contribution in [-0.2, 0) is 28.6 Å². The molecule has 0 radical (unpaired) electrons. The van der Waals surface area contributed by atoms with E-state index in [1.807, 2.05) is 0 Å². The smallest absolute Gasteiger partial charge is 0.306 e. The summed E-state index contributed by atoms with van der Waals surface area (Å²) in [6.07, 6.45) is 77.5. The lowest BCUT2D eigenvalue weighted by Gasteiger charge is -2.18. The highest BCUT2D eigenvalue weighted by molar-refractivity contribution is 5.71. The van der Waals surface area contributed by atoms with Crippen LogP contribution in [0.2, 0.25) is 0 Å². The summed E-state index contributed by atoms with van der Waals surface area (Å²) in [7, 11) is 0. The molecule has 0 amide bonds. The van der Waals surface area contributed by atoms with Crippen molar-refractivity contribution < 1.29 is 28.6 Å². The van der Waals surface area contributed by atoms with E-state index in [1.165, 1.54) is 212 Å². The highest BCUT2D eigenvalue weighted by Gasteiger charge is 2.19. The molecule has 6 heteroatoms. The van der Waals surface area contributed by atoms with E-state index in [1.54, 1.807) is 0 Å². The van der Waals surface area contributed by atoms with Gasteiger partial charge in [0, 0.05) is 19.3 Å². The van der Waals surface area contributed by atoms with Gasteiger partial charge in [-0.15, -0.1) is 0 Å². The summed E-state index contributed by atoms with van der Waals surface area (Å²) in [6.45, 7) is 6.50. The van der Waals surface area contributed by atoms with E-state index in [0.29, 0.717) is 19.3 Å². The molecular weight excluding hydrogens is 901 g/mol. The third-order valence-electron chi connectivity index (χ3n) is 14.3. The number of ether oxygens (including phenoxy) is 3. The van der Waals surface area contributed by atoms with E-state index in [9.17, 15) is 14.4 Å². The number of hydrogen-bond donors (Lipinski definition) is 0.